The van der Waals surface area contributed by atoms with E-state index >= 15 is 0 Å². The van der Waals surface area contributed by atoms with E-state index in [1.807, 2.05) is 0 Å². The van der Waals surface area contributed by atoms with Gasteiger partial charge in [0, 0.05) is 27.2 Å². The highest BCUT2D eigenvalue weighted by Crippen LogP contribution is 2.27. The molecule has 8 nitrogen and oxygen atoms in total. The Morgan fingerprint density at radius 1 is 1.32 bits per heavy atom. The van der Waals surface area contributed by atoms with Gasteiger partial charge < -0.3 is 11.1 Å². The van der Waals surface area contributed by atoms with Crippen LogP contribution >= 0.6 is 0 Å². The van der Waals surface area contributed by atoms with Crippen molar-refractivity contribution in [3.8, 4) is 0 Å². The lowest BCUT2D eigenvalue weighted by molar-refractivity contribution is 0.315. The summed E-state index contributed by atoms with van der Waals surface area (Å²) in [5.41, 5.74) is 6.62. The van der Waals surface area contributed by atoms with Crippen LogP contribution in [0.15, 0.2) is 21.7 Å². The Bertz CT molecular complexity index is 680. The Kier molecular flexibility index (Phi) is 3.69. The number of rotatable bonds is 5. The van der Waals surface area contributed by atoms with E-state index in [1.165, 1.54) is 20.2 Å². The lowest BCUT2D eigenvalue weighted by atomic mass is 10.2. The second-order valence-corrected chi connectivity index (χ2v) is 6.20. The number of hydrogen-bond donors (Lipinski definition) is 2. The third-order valence-electron chi connectivity index (χ3n) is 2.60. The summed E-state index contributed by atoms with van der Waals surface area (Å²) in [6, 6.07) is 3.10. The molecule has 1 heterocycles. The van der Waals surface area contributed by atoms with Crippen molar-refractivity contribution in [2.45, 2.75) is 4.90 Å². The molecule has 3 N–H and O–H groups in total. The summed E-state index contributed by atoms with van der Waals surface area (Å²) in [5, 5.41) is 10.4. The summed E-state index contributed by atoms with van der Waals surface area (Å²) < 4.78 is 30.1. The summed E-state index contributed by atoms with van der Waals surface area (Å²) >= 11 is 0. The van der Waals surface area contributed by atoms with E-state index < -0.39 is 10.0 Å². The van der Waals surface area contributed by atoms with Crippen molar-refractivity contribution in [2.75, 3.05) is 32.5 Å². The van der Waals surface area contributed by atoms with Gasteiger partial charge in [-0.3, -0.25) is 0 Å². The highest BCUT2D eigenvalue weighted by atomic mass is 32.2. The lowest BCUT2D eigenvalue weighted by Crippen LogP contribution is -2.22. The smallest absolute Gasteiger partial charge is 0.244 e. The number of anilines is 1. The zero-order valence-electron chi connectivity index (χ0n) is 10.6. The summed E-state index contributed by atoms with van der Waals surface area (Å²) in [7, 11) is -0.685. The van der Waals surface area contributed by atoms with Crippen LogP contribution in [0.3, 0.4) is 0 Å². The molecule has 0 aliphatic rings. The van der Waals surface area contributed by atoms with Gasteiger partial charge in [-0.25, -0.2) is 17.4 Å². The molecule has 1 aromatic heterocycles. The number of nitrogens with zero attached hydrogens (tertiary/aromatic N) is 3. The summed E-state index contributed by atoms with van der Waals surface area (Å²) in [4.78, 5) is 0.0621. The molecule has 0 aliphatic heterocycles. The molecule has 19 heavy (non-hydrogen) atoms. The topological polar surface area (TPSA) is 114 Å². The maximum absolute atomic E-state index is 12.1. The van der Waals surface area contributed by atoms with Gasteiger partial charge in [0.25, 0.3) is 0 Å². The molecule has 0 atom stereocenters. The number of aromatic nitrogens is 2. The minimum absolute atomic E-state index is 0.0621. The van der Waals surface area contributed by atoms with Crippen LogP contribution in [-0.2, 0) is 10.0 Å². The molecule has 0 saturated carbocycles. The van der Waals surface area contributed by atoms with Crippen LogP contribution in [0.1, 0.15) is 0 Å². The van der Waals surface area contributed by atoms with Crippen molar-refractivity contribution in [3.05, 3.63) is 12.1 Å². The van der Waals surface area contributed by atoms with Crippen LogP contribution in [0.4, 0.5) is 5.69 Å². The fraction of sp³-hybridized carbons (Fsp3) is 0.400. The van der Waals surface area contributed by atoms with Crippen LogP contribution in [0.5, 0.6) is 0 Å². The SMILES string of the molecule is CN(C)S(=O)(=O)c1ccc(NCCN)c2nonc12. The summed E-state index contributed by atoms with van der Waals surface area (Å²) in [6.07, 6.45) is 0. The van der Waals surface area contributed by atoms with Crippen molar-refractivity contribution in [3.63, 3.8) is 0 Å². The van der Waals surface area contributed by atoms with Gasteiger partial charge in [0.15, 0.2) is 11.0 Å². The van der Waals surface area contributed by atoms with Crippen molar-refractivity contribution >= 4 is 26.7 Å². The first-order chi connectivity index (χ1) is 8.98. The van der Waals surface area contributed by atoms with Gasteiger partial charge in [-0.05, 0) is 22.4 Å². The van der Waals surface area contributed by atoms with E-state index in [0.29, 0.717) is 24.3 Å². The molecule has 0 amide bonds. The average molecular weight is 285 g/mol. The Labute approximate surface area is 110 Å². The second-order valence-electron chi connectivity index (χ2n) is 4.08. The number of sulfonamides is 1. The normalized spacial score (nSPS) is 12.2. The van der Waals surface area contributed by atoms with Crippen molar-refractivity contribution in [1.82, 2.24) is 14.6 Å². The van der Waals surface area contributed by atoms with E-state index in [9.17, 15) is 8.42 Å². The zero-order chi connectivity index (χ0) is 14.0. The van der Waals surface area contributed by atoms with Gasteiger partial charge in [-0.15, -0.1) is 0 Å². The molecule has 0 fully saturated rings. The summed E-state index contributed by atoms with van der Waals surface area (Å²) in [6.45, 7) is 0.992. The van der Waals surface area contributed by atoms with Crippen LogP contribution < -0.4 is 11.1 Å². The fourth-order valence-electron chi connectivity index (χ4n) is 1.60. The van der Waals surface area contributed by atoms with Gasteiger partial charge >= 0.3 is 0 Å². The Morgan fingerprint density at radius 2 is 2.00 bits per heavy atom. The highest BCUT2D eigenvalue weighted by Gasteiger charge is 2.24. The van der Waals surface area contributed by atoms with Crippen LogP contribution in [0.25, 0.3) is 11.0 Å². The second kappa shape index (κ2) is 5.11. The van der Waals surface area contributed by atoms with Gasteiger partial charge in [-0.1, -0.05) is 0 Å². The van der Waals surface area contributed by atoms with E-state index in [0.717, 1.165) is 4.31 Å². The fourth-order valence-corrected chi connectivity index (χ4v) is 2.61. The molecule has 104 valence electrons. The lowest BCUT2D eigenvalue weighted by Gasteiger charge is -2.12. The Balaban J connectivity index is 2.58. The van der Waals surface area contributed by atoms with E-state index in [-0.39, 0.29) is 10.4 Å². The predicted octanol–water partition coefficient (Wildman–Crippen LogP) is -0.156. The van der Waals surface area contributed by atoms with Gasteiger partial charge in [0.2, 0.25) is 10.0 Å². The quantitative estimate of drug-likeness (QED) is 0.784. The number of nitrogens with two attached hydrogens (primary N) is 1. The Hall–Kier alpha value is -1.71. The molecule has 0 aliphatic carbocycles. The maximum atomic E-state index is 12.1. The van der Waals surface area contributed by atoms with Gasteiger partial charge in [-0.2, -0.15) is 0 Å². The van der Waals surface area contributed by atoms with Crippen molar-refractivity contribution in [1.29, 1.82) is 0 Å². The number of nitrogens with one attached hydrogen (secondary N) is 1. The standard InChI is InChI=1S/C10H15N5O3S/c1-15(2)19(16,17)8-4-3-7(12-6-5-11)9-10(8)14-18-13-9/h3-4,12H,5-6,11H2,1-2H3. The number of hydrogen-bond acceptors (Lipinski definition) is 7. The minimum Gasteiger partial charge on any atom is -0.382 e. The molecule has 0 unspecified atom stereocenters. The van der Waals surface area contributed by atoms with Crippen LogP contribution in [0.2, 0.25) is 0 Å². The first-order valence-corrected chi connectivity index (χ1v) is 7.04. The highest BCUT2D eigenvalue weighted by molar-refractivity contribution is 7.89. The zero-order valence-corrected chi connectivity index (χ0v) is 11.4. The molecule has 1 aromatic carbocycles. The summed E-state index contributed by atoms with van der Waals surface area (Å²) in [5.74, 6) is 0. The van der Waals surface area contributed by atoms with Crippen LogP contribution in [0, 0.1) is 0 Å². The number of fused-ring (bicyclic) bond motifs is 1. The Morgan fingerprint density at radius 3 is 2.63 bits per heavy atom. The molecular formula is C10H15N5O3S. The van der Waals surface area contributed by atoms with Gasteiger partial charge in [0.05, 0.1) is 5.69 Å². The third kappa shape index (κ3) is 2.39. The van der Waals surface area contributed by atoms with Crippen molar-refractivity contribution in [2.24, 2.45) is 5.73 Å². The third-order valence-corrected chi connectivity index (χ3v) is 4.44. The first kappa shape index (κ1) is 13.7. The predicted molar refractivity (Wildman–Crippen MR) is 70.2 cm³/mol. The minimum atomic E-state index is -3.59. The van der Waals surface area contributed by atoms with E-state index in [4.69, 9.17) is 5.73 Å². The van der Waals surface area contributed by atoms with Crippen molar-refractivity contribution < 1.29 is 13.0 Å². The molecule has 9 heteroatoms. The molecule has 0 radical (unpaired) electrons. The first-order valence-electron chi connectivity index (χ1n) is 5.60. The maximum Gasteiger partial charge on any atom is 0.244 e. The largest absolute Gasteiger partial charge is 0.382 e. The molecule has 0 saturated heterocycles. The van der Waals surface area contributed by atoms with Gasteiger partial charge in [0.1, 0.15) is 4.90 Å². The molecule has 0 bridgehead atoms. The molecule has 2 rings (SSSR count). The molecular weight excluding hydrogens is 270 g/mol. The number of benzene rings is 1. The molecule has 2 aromatic rings. The monoisotopic (exact) mass is 285 g/mol. The average Bonchev–Trinajstić information content (AvgIpc) is 2.84. The molecule has 0 spiro atoms. The van der Waals surface area contributed by atoms with Crippen LogP contribution in [-0.4, -0.2) is 50.2 Å². The van der Waals surface area contributed by atoms with E-state index in [1.54, 1.807) is 6.07 Å². The van der Waals surface area contributed by atoms with E-state index in [2.05, 4.69) is 20.3 Å².